The number of amides is 1. The van der Waals surface area contributed by atoms with Crippen molar-refractivity contribution in [1.29, 1.82) is 0 Å². The fraction of sp³-hybridized carbons (Fsp3) is 0.667. The maximum atomic E-state index is 12.3. The molecule has 1 aliphatic carbocycles. The standard InChI is InChI=1S/C18H28N4O2.HI/c1-4-19-17(20-13-14-12-18(14,2)3)22-9-7-21(8-10-22)16(23)15-6-5-11-24-15;/h5-6,11,14H,4,7-10,12-13H2,1-3H3,(H,19,20);1H. The number of guanidine groups is 1. The molecule has 7 heteroatoms. The summed E-state index contributed by atoms with van der Waals surface area (Å²) in [7, 11) is 0. The Morgan fingerprint density at radius 2 is 1.96 bits per heavy atom. The van der Waals surface area contributed by atoms with E-state index in [1.165, 1.54) is 6.42 Å². The fourth-order valence-electron chi connectivity index (χ4n) is 3.19. The number of hydrogen-bond donors (Lipinski definition) is 1. The lowest BCUT2D eigenvalue weighted by Crippen LogP contribution is -2.53. The minimum Gasteiger partial charge on any atom is -0.459 e. The van der Waals surface area contributed by atoms with Crippen molar-refractivity contribution in [3.05, 3.63) is 24.2 Å². The van der Waals surface area contributed by atoms with Gasteiger partial charge in [-0.3, -0.25) is 9.79 Å². The molecule has 2 fully saturated rings. The van der Waals surface area contributed by atoms with Gasteiger partial charge in [-0.25, -0.2) is 0 Å². The van der Waals surface area contributed by atoms with Gasteiger partial charge in [-0.1, -0.05) is 13.8 Å². The van der Waals surface area contributed by atoms with Gasteiger partial charge in [-0.15, -0.1) is 24.0 Å². The number of piperazine rings is 1. The zero-order valence-electron chi connectivity index (χ0n) is 15.3. The summed E-state index contributed by atoms with van der Waals surface area (Å²) in [5.74, 6) is 2.07. The number of nitrogens with zero attached hydrogens (tertiary/aromatic N) is 3. The van der Waals surface area contributed by atoms with E-state index in [4.69, 9.17) is 9.41 Å². The second-order valence-corrected chi connectivity index (χ2v) is 7.34. The molecule has 0 radical (unpaired) electrons. The van der Waals surface area contributed by atoms with Gasteiger partial charge < -0.3 is 19.5 Å². The SMILES string of the molecule is CCNC(=NCC1CC1(C)C)N1CCN(C(=O)c2ccco2)CC1.I. The minimum absolute atomic E-state index is 0. The molecular formula is C18H29IN4O2. The van der Waals surface area contributed by atoms with E-state index < -0.39 is 0 Å². The van der Waals surface area contributed by atoms with E-state index in [9.17, 15) is 4.79 Å². The number of furan rings is 1. The van der Waals surface area contributed by atoms with Gasteiger partial charge in [-0.05, 0) is 36.8 Å². The van der Waals surface area contributed by atoms with Crippen molar-refractivity contribution in [2.45, 2.75) is 27.2 Å². The summed E-state index contributed by atoms with van der Waals surface area (Å²) in [4.78, 5) is 21.3. The molecule has 1 amide bonds. The smallest absolute Gasteiger partial charge is 0.289 e. The zero-order valence-corrected chi connectivity index (χ0v) is 17.7. The quantitative estimate of drug-likeness (QED) is 0.427. The molecule has 1 aliphatic heterocycles. The number of hydrogen-bond acceptors (Lipinski definition) is 3. The van der Waals surface area contributed by atoms with E-state index in [2.05, 4.69) is 31.0 Å². The first-order valence-electron chi connectivity index (χ1n) is 8.87. The van der Waals surface area contributed by atoms with E-state index >= 15 is 0 Å². The van der Waals surface area contributed by atoms with Crippen LogP contribution in [0.15, 0.2) is 27.8 Å². The van der Waals surface area contributed by atoms with Crippen LogP contribution in [-0.2, 0) is 0 Å². The molecule has 1 saturated carbocycles. The van der Waals surface area contributed by atoms with E-state index in [0.717, 1.165) is 32.1 Å². The monoisotopic (exact) mass is 460 g/mol. The predicted molar refractivity (Wildman–Crippen MR) is 109 cm³/mol. The Balaban J connectivity index is 0.00000225. The van der Waals surface area contributed by atoms with Crippen LogP contribution in [0.1, 0.15) is 37.7 Å². The third kappa shape index (κ3) is 4.89. The molecule has 0 aromatic carbocycles. The summed E-state index contributed by atoms with van der Waals surface area (Å²) in [6, 6.07) is 3.47. The summed E-state index contributed by atoms with van der Waals surface area (Å²) < 4.78 is 5.21. The Labute approximate surface area is 167 Å². The first-order chi connectivity index (χ1) is 11.5. The Morgan fingerprint density at radius 1 is 1.32 bits per heavy atom. The Morgan fingerprint density at radius 3 is 2.48 bits per heavy atom. The van der Waals surface area contributed by atoms with Gasteiger partial charge in [-0.2, -0.15) is 0 Å². The van der Waals surface area contributed by atoms with E-state index in [-0.39, 0.29) is 29.9 Å². The number of carbonyl (C=O) groups is 1. The Kier molecular flexibility index (Phi) is 6.76. The second-order valence-electron chi connectivity index (χ2n) is 7.34. The third-order valence-corrected chi connectivity index (χ3v) is 5.11. The van der Waals surface area contributed by atoms with Crippen LogP contribution in [0.4, 0.5) is 0 Å². The first kappa shape index (κ1) is 20.1. The van der Waals surface area contributed by atoms with Gasteiger partial charge in [0.15, 0.2) is 11.7 Å². The van der Waals surface area contributed by atoms with Crippen molar-refractivity contribution >= 4 is 35.8 Å². The number of aliphatic imine (C=N–C) groups is 1. The lowest BCUT2D eigenvalue weighted by molar-refractivity contribution is 0.0657. The molecule has 1 saturated heterocycles. The molecule has 1 N–H and O–H groups in total. The molecule has 3 rings (SSSR count). The zero-order chi connectivity index (χ0) is 17.2. The molecule has 140 valence electrons. The predicted octanol–water partition coefficient (Wildman–Crippen LogP) is 2.67. The summed E-state index contributed by atoms with van der Waals surface area (Å²) in [5, 5.41) is 3.39. The molecule has 2 heterocycles. The summed E-state index contributed by atoms with van der Waals surface area (Å²) >= 11 is 0. The maximum absolute atomic E-state index is 12.3. The molecule has 0 spiro atoms. The molecular weight excluding hydrogens is 431 g/mol. The number of carbonyl (C=O) groups excluding carboxylic acids is 1. The van der Waals surface area contributed by atoms with Crippen LogP contribution in [0, 0.1) is 11.3 Å². The van der Waals surface area contributed by atoms with Crippen LogP contribution in [0.25, 0.3) is 0 Å². The van der Waals surface area contributed by atoms with E-state index in [0.29, 0.717) is 30.2 Å². The van der Waals surface area contributed by atoms with Crippen LogP contribution >= 0.6 is 24.0 Å². The van der Waals surface area contributed by atoms with Gasteiger partial charge in [0.1, 0.15) is 0 Å². The summed E-state index contributed by atoms with van der Waals surface area (Å²) in [6.07, 6.45) is 2.81. The van der Waals surface area contributed by atoms with E-state index in [1.807, 2.05) is 4.90 Å². The first-order valence-corrected chi connectivity index (χ1v) is 8.87. The lowest BCUT2D eigenvalue weighted by atomic mass is 10.1. The van der Waals surface area contributed by atoms with Crippen LogP contribution in [0.3, 0.4) is 0 Å². The van der Waals surface area contributed by atoms with Crippen molar-refractivity contribution in [3.8, 4) is 0 Å². The number of nitrogens with one attached hydrogen (secondary N) is 1. The molecule has 6 nitrogen and oxygen atoms in total. The molecule has 1 unspecified atom stereocenters. The topological polar surface area (TPSA) is 61.1 Å². The lowest BCUT2D eigenvalue weighted by Gasteiger charge is -2.36. The van der Waals surface area contributed by atoms with Crippen LogP contribution in [0.5, 0.6) is 0 Å². The molecule has 1 aromatic rings. The summed E-state index contributed by atoms with van der Waals surface area (Å²) in [5.41, 5.74) is 0.453. The average molecular weight is 460 g/mol. The number of rotatable bonds is 4. The van der Waals surface area contributed by atoms with Crippen molar-refractivity contribution in [1.82, 2.24) is 15.1 Å². The highest BCUT2D eigenvalue weighted by Crippen LogP contribution is 2.51. The average Bonchev–Trinajstić information content (AvgIpc) is 2.98. The van der Waals surface area contributed by atoms with Gasteiger partial charge >= 0.3 is 0 Å². The highest BCUT2D eigenvalue weighted by molar-refractivity contribution is 14.0. The summed E-state index contributed by atoms with van der Waals surface area (Å²) in [6.45, 7) is 11.4. The van der Waals surface area contributed by atoms with Gasteiger partial charge in [0, 0.05) is 39.3 Å². The van der Waals surface area contributed by atoms with E-state index in [1.54, 1.807) is 18.4 Å². The van der Waals surface area contributed by atoms with Crippen molar-refractivity contribution < 1.29 is 9.21 Å². The molecule has 1 atom stereocenters. The van der Waals surface area contributed by atoms with Crippen LogP contribution < -0.4 is 5.32 Å². The Hall–Kier alpha value is -1.25. The van der Waals surface area contributed by atoms with Crippen molar-refractivity contribution in [2.24, 2.45) is 16.3 Å². The molecule has 2 aliphatic rings. The maximum Gasteiger partial charge on any atom is 0.289 e. The Bertz CT molecular complexity index is 592. The van der Waals surface area contributed by atoms with Gasteiger partial charge in [0.25, 0.3) is 5.91 Å². The molecule has 0 bridgehead atoms. The van der Waals surface area contributed by atoms with Gasteiger partial charge in [0.05, 0.1) is 6.26 Å². The van der Waals surface area contributed by atoms with Crippen molar-refractivity contribution in [3.63, 3.8) is 0 Å². The van der Waals surface area contributed by atoms with Crippen molar-refractivity contribution in [2.75, 3.05) is 39.3 Å². The normalized spacial score (nSPS) is 22.4. The van der Waals surface area contributed by atoms with Gasteiger partial charge in [0.2, 0.25) is 0 Å². The molecule has 25 heavy (non-hydrogen) atoms. The molecule has 1 aromatic heterocycles. The second kappa shape index (κ2) is 8.42. The number of halogens is 1. The largest absolute Gasteiger partial charge is 0.459 e. The highest BCUT2D eigenvalue weighted by Gasteiger charge is 2.45. The third-order valence-electron chi connectivity index (χ3n) is 5.11. The fourth-order valence-corrected chi connectivity index (χ4v) is 3.19. The highest BCUT2D eigenvalue weighted by atomic mass is 127. The van der Waals surface area contributed by atoms with Crippen LogP contribution in [0.2, 0.25) is 0 Å². The minimum atomic E-state index is -0.0266. The van der Waals surface area contributed by atoms with Crippen LogP contribution in [-0.4, -0.2) is 60.9 Å².